The highest BCUT2D eigenvalue weighted by molar-refractivity contribution is 7.89. The average molecular weight is 301 g/mol. The molecule has 0 amide bonds. The Morgan fingerprint density at radius 3 is 2.90 bits per heavy atom. The Morgan fingerprint density at radius 2 is 2.30 bits per heavy atom. The van der Waals surface area contributed by atoms with Gasteiger partial charge in [0.05, 0.1) is 6.54 Å². The number of nitrogens with two attached hydrogens (primary N) is 1. The Balaban J connectivity index is 2.05. The smallest absolute Gasteiger partial charge is 0.244 e. The Kier molecular flexibility index (Phi) is 4.85. The first-order valence-corrected chi connectivity index (χ1v) is 8.49. The third kappa shape index (κ3) is 3.22. The van der Waals surface area contributed by atoms with Gasteiger partial charge < -0.3 is 10.2 Å². The number of nitrogens with zero attached hydrogens (tertiary/aromatic N) is 1. The molecule has 114 valence electrons. The second kappa shape index (κ2) is 6.26. The Morgan fingerprint density at radius 1 is 1.55 bits per heavy atom. The van der Waals surface area contributed by atoms with Crippen molar-refractivity contribution in [1.82, 2.24) is 9.62 Å². The minimum absolute atomic E-state index is 0.194. The van der Waals surface area contributed by atoms with Gasteiger partial charge in [0.25, 0.3) is 0 Å². The zero-order valence-electron chi connectivity index (χ0n) is 12.1. The monoisotopic (exact) mass is 301 g/mol. The second-order valence-electron chi connectivity index (χ2n) is 5.11. The zero-order chi connectivity index (χ0) is 14.8. The molecule has 0 aliphatic carbocycles. The van der Waals surface area contributed by atoms with E-state index in [2.05, 4.69) is 16.5 Å². The molecule has 0 aromatic carbocycles. The summed E-state index contributed by atoms with van der Waals surface area (Å²) in [6.45, 7) is 6.38. The van der Waals surface area contributed by atoms with Crippen molar-refractivity contribution in [2.45, 2.75) is 44.2 Å². The number of likely N-dealkylation sites (tertiary alicyclic amines) is 1. The number of hydrogen-bond donors (Lipinski definition) is 2. The summed E-state index contributed by atoms with van der Waals surface area (Å²) in [6.07, 6.45) is 2.16. The summed E-state index contributed by atoms with van der Waals surface area (Å²) >= 11 is 0. The molecule has 1 unspecified atom stereocenters. The van der Waals surface area contributed by atoms with E-state index in [1.807, 2.05) is 0 Å². The van der Waals surface area contributed by atoms with Crippen LogP contribution in [0.25, 0.3) is 0 Å². The largest absolute Gasteiger partial charge is 0.464 e. The molecule has 1 aromatic rings. The van der Waals surface area contributed by atoms with Crippen LogP contribution in [0.4, 0.5) is 0 Å². The van der Waals surface area contributed by atoms with Crippen molar-refractivity contribution in [2.75, 3.05) is 19.6 Å². The number of aryl methyl sites for hydroxylation is 1. The van der Waals surface area contributed by atoms with Crippen molar-refractivity contribution < 1.29 is 12.8 Å². The number of sulfonamides is 1. The van der Waals surface area contributed by atoms with E-state index in [9.17, 15) is 8.42 Å². The van der Waals surface area contributed by atoms with Crippen LogP contribution < -0.4 is 10.5 Å². The maximum atomic E-state index is 12.3. The molecule has 1 aliphatic rings. The third-order valence-corrected chi connectivity index (χ3v) is 5.36. The van der Waals surface area contributed by atoms with E-state index in [0.717, 1.165) is 25.9 Å². The fourth-order valence-electron chi connectivity index (χ4n) is 2.72. The number of furan rings is 1. The van der Waals surface area contributed by atoms with Gasteiger partial charge >= 0.3 is 0 Å². The van der Waals surface area contributed by atoms with Crippen LogP contribution in [0.1, 0.15) is 31.3 Å². The summed E-state index contributed by atoms with van der Waals surface area (Å²) in [5.74, 6) is 0.871. The van der Waals surface area contributed by atoms with Gasteiger partial charge in [-0.1, -0.05) is 6.92 Å². The van der Waals surface area contributed by atoms with Crippen LogP contribution in [-0.2, 0) is 16.6 Å². The van der Waals surface area contributed by atoms with E-state index < -0.39 is 10.0 Å². The third-order valence-electron chi connectivity index (χ3n) is 3.83. The van der Waals surface area contributed by atoms with Crippen molar-refractivity contribution in [1.29, 1.82) is 0 Å². The van der Waals surface area contributed by atoms with E-state index in [1.54, 1.807) is 6.92 Å². The molecule has 2 heterocycles. The topological polar surface area (TPSA) is 88.6 Å². The van der Waals surface area contributed by atoms with Gasteiger partial charge in [0.2, 0.25) is 10.0 Å². The number of rotatable bonds is 6. The van der Waals surface area contributed by atoms with Crippen molar-refractivity contribution >= 4 is 10.0 Å². The van der Waals surface area contributed by atoms with Gasteiger partial charge in [-0.3, -0.25) is 4.90 Å². The van der Waals surface area contributed by atoms with Crippen LogP contribution in [0, 0.1) is 6.92 Å². The van der Waals surface area contributed by atoms with Crippen molar-refractivity contribution in [3.05, 3.63) is 17.6 Å². The molecule has 1 aliphatic heterocycles. The molecule has 1 fully saturated rings. The summed E-state index contributed by atoms with van der Waals surface area (Å²) in [4.78, 5) is 2.50. The molecular formula is C13H23N3O3S. The summed E-state index contributed by atoms with van der Waals surface area (Å²) in [5.41, 5.74) is 5.47. The van der Waals surface area contributed by atoms with Gasteiger partial charge in [0.15, 0.2) is 0 Å². The van der Waals surface area contributed by atoms with Gasteiger partial charge in [0, 0.05) is 18.7 Å². The fourth-order valence-corrected chi connectivity index (χ4v) is 3.99. The molecule has 0 radical (unpaired) electrons. The lowest BCUT2D eigenvalue weighted by Gasteiger charge is -2.22. The summed E-state index contributed by atoms with van der Waals surface area (Å²) in [5, 5.41) is 0. The number of nitrogens with one attached hydrogen (secondary N) is 1. The quantitative estimate of drug-likeness (QED) is 0.811. The van der Waals surface area contributed by atoms with Crippen LogP contribution in [0.15, 0.2) is 15.4 Å². The van der Waals surface area contributed by atoms with Crippen molar-refractivity contribution in [3.8, 4) is 0 Å². The first-order valence-electron chi connectivity index (χ1n) is 7.01. The second-order valence-corrected chi connectivity index (χ2v) is 6.85. The molecule has 1 atom stereocenters. The number of likely N-dealkylation sites (N-methyl/N-ethyl adjacent to an activating group) is 1. The van der Waals surface area contributed by atoms with Crippen LogP contribution in [-0.4, -0.2) is 39.0 Å². The molecule has 20 heavy (non-hydrogen) atoms. The Labute approximate surface area is 120 Å². The maximum absolute atomic E-state index is 12.3. The Bertz CT molecular complexity index is 553. The summed E-state index contributed by atoms with van der Waals surface area (Å²) in [7, 11) is -3.53. The molecule has 1 saturated heterocycles. The highest BCUT2D eigenvalue weighted by Gasteiger charge is 2.26. The molecular weight excluding hydrogens is 278 g/mol. The average Bonchev–Trinajstić information content (AvgIpc) is 3.02. The van der Waals surface area contributed by atoms with Crippen molar-refractivity contribution in [2.24, 2.45) is 5.73 Å². The maximum Gasteiger partial charge on any atom is 0.244 e. The van der Waals surface area contributed by atoms with E-state index in [4.69, 9.17) is 10.2 Å². The normalized spacial score (nSPS) is 20.6. The molecule has 3 N–H and O–H groups in total. The molecule has 0 saturated carbocycles. The molecule has 1 aromatic heterocycles. The van der Waals surface area contributed by atoms with Gasteiger partial charge in [-0.25, -0.2) is 13.1 Å². The molecule has 0 bridgehead atoms. The van der Waals surface area contributed by atoms with Crippen LogP contribution in [0.5, 0.6) is 0 Å². The van der Waals surface area contributed by atoms with E-state index in [0.29, 0.717) is 18.1 Å². The minimum atomic E-state index is -3.53. The first kappa shape index (κ1) is 15.5. The van der Waals surface area contributed by atoms with Crippen LogP contribution in [0.2, 0.25) is 0 Å². The Hall–Kier alpha value is -0.890. The first-order chi connectivity index (χ1) is 9.47. The zero-order valence-corrected chi connectivity index (χ0v) is 12.9. The fraction of sp³-hybridized carbons (Fsp3) is 0.692. The lowest BCUT2D eigenvalue weighted by molar-refractivity contribution is 0.268. The van der Waals surface area contributed by atoms with Gasteiger partial charge in [-0.15, -0.1) is 0 Å². The van der Waals surface area contributed by atoms with Crippen molar-refractivity contribution in [3.63, 3.8) is 0 Å². The minimum Gasteiger partial charge on any atom is -0.464 e. The molecule has 6 nitrogen and oxygen atoms in total. The highest BCUT2D eigenvalue weighted by Crippen LogP contribution is 2.21. The lowest BCUT2D eigenvalue weighted by atomic mass is 10.2. The summed E-state index contributed by atoms with van der Waals surface area (Å²) in [6, 6.07) is 1.79. The number of hydrogen-bond acceptors (Lipinski definition) is 5. The van der Waals surface area contributed by atoms with Crippen LogP contribution in [0.3, 0.4) is 0 Å². The van der Waals surface area contributed by atoms with E-state index in [1.165, 1.54) is 6.07 Å². The van der Waals surface area contributed by atoms with Gasteiger partial charge in [-0.2, -0.15) is 0 Å². The SMILES string of the molecule is CCN1CCCC1CNS(=O)(=O)c1cc(CN)oc1C. The van der Waals surface area contributed by atoms with Crippen LogP contribution >= 0.6 is 0 Å². The predicted octanol–water partition coefficient (Wildman–Crippen LogP) is 0.809. The lowest BCUT2D eigenvalue weighted by Crippen LogP contribution is -2.40. The van der Waals surface area contributed by atoms with Gasteiger partial charge in [-0.05, 0) is 32.9 Å². The molecule has 2 rings (SSSR count). The summed E-state index contributed by atoms with van der Waals surface area (Å²) < 4.78 is 32.6. The molecule has 7 heteroatoms. The molecule has 0 spiro atoms. The van der Waals surface area contributed by atoms with E-state index in [-0.39, 0.29) is 17.5 Å². The standard InChI is InChI=1S/C13H23N3O3S/c1-3-16-6-4-5-11(16)9-15-20(17,18)13-7-12(8-14)19-10(13)2/h7,11,15H,3-6,8-9,14H2,1-2H3. The predicted molar refractivity (Wildman–Crippen MR) is 76.8 cm³/mol. The van der Waals surface area contributed by atoms with E-state index >= 15 is 0 Å². The van der Waals surface area contributed by atoms with Gasteiger partial charge in [0.1, 0.15) is 16.4 Å². The highest BCUT2D eigenvalue weighted by atomic mass is 32.2.